The average molecular weight is 360 g/mol. The summed E-state index contributed by atoms with van der Waals surface area (Å²) in [6.45, 7) is 0. The molecule has 26 heavy (non-hydrogen) atoms. The number of methoxy groups -OCH3 is 3. The third-order valence-electron chi connectivity index (χ3n) is 3.45. The highest BCUT2D eigenvalue weighted by Gasteiger charge is 2.19. The van der Waals surface area contributed by atoms with Crippen LogP contribution in [0.5, 0.6) is 11.5 Å². The number of nitro benzene ring substituents is 1. The monoisotopic (exact) mass is 360 g/mol. The lowest BCUT2D eigenvalue weighted by molar-refractivity contribution is -0.384. The van der Waals surface area contributed by atoms with Gasteiger partial charge in [-0.2, -0.15) is 0 Å². The van der Waals surface area contributed by atoms with Crippen LogP contribution in [-0.2, 0) is 4.74 Å². The summed E-state index contributed by atoms with van der Waals surface area (Å²) < 4.78 is 14.8. The maximum Gasteiger partial charge on any atom is 0.338 e. The van der Waals surface area contributed by atoms with Gasteiger partial charge in [-0.05, 0) is 18.2 Å². The van der Waals surface area contributed by atoms with Crippen molar-refractivity contribution in [3.8, 4) is 11.5 Å². The van der Waals surface area contributed by atoms with Crippen molar-refractivity contribution in [2.24, 2.45) is 0 Å². The number of carbonyl (C=O) groups is 2. The number of nitrogens with one attached hydrogen (secondary N) is 1. The number of non-ortho nitro benzene ring substituents is 1. The number of hydrogen-bond donors (Lipinski definition) is 1. The first-order valence-corrected chi connectivity index (χ1v) is 7.30. The maximum absolute atomic E-state index is 12.4. The number of hydrogen-bond acceptors (Lipinski definition) is 7. The highest BCUT2D eigenvalue weighted by atomic mass is 16.6. The Hall–Kier alpha value is -3.62. The van der Waals surface area contributed by atoms with Crippen molar-refractivity contribution < 1.29 is 28.7 Å². The van der Waals surface area contributed by atoms with E-state index >= 15 is 0 Å². The zero-order chi connectivity index (χ0) is 19.3. The second kappa shape index (κ2) is 7.97. The van der Waals surface area contributed by atoms with Crippen LogP contribution in [0.25, 0.3) is 0 Å². The maximum atomic E-state index is 12.4. The van der Waals surface area contributed by atoms with Gasteiger partial charge in [0.05, 0.1) is 31.8 Å². The van der Waals surface area contributed by atoms with Crippen LogP contribution >= 0.6 is 0 Å². The Morgan fingerprint density at radius 3 is 2.19 bits per heavy atom. The molecular weight excluding hydrogens is 344 g/mol. The lowest BCUT2D eigenvalue weighted by Crippen LogP contribution is -2.14. The molecular formula is C17H16N2O7. The fourth-order valence-electron chi connectivity index (χ4n) is 2.20. The zero-order valence-corrected chi connectivity index (χ0v) is 14.3. The van der Waals surface area contributed by atoms with Gasteiger partial charge in [-0.25, -0.2) is 4.79 Å². The zero-order valence-electron chi connectivity index (χ0n) is 14.3. The number of nitro groups is 1. The molecule has 0 heterocycles. The van der Waals surface area contributed by atoms with Gasteiger partial charge < -0.3 is 19.5 Å². The van der Waals surface area contributed by atoms with Crippen molar-refractivity contribution in [1.29, 1.82) is 0 Å². The Morgan fingerprint density at radius 1 is 0.962 bits per heavy atom. The van der Waals surface area contributed by atoms with Crippen LogP contribution in [0.4, 0.5) is 11.4 Å². The minimum absolute atomic E-state index is 0.0608. The summed E-state index contributed by atoms with van der Waals surface area (Å²) in [5, 5.41) is 13.6. The molecule has 0 radical (unpaired) electrons. The molecule has 0 aromatic heterocycles. The van der Waals surface area contributed by atoms with Crippen LogP contribution in [0.3, 0.4) is 0 Å². The quantitative estimate of drug-likeness (QED) is 0.478. The highest BCUT2D eigenvalue weighted by Crippen LogP contribution is 2.30. The molecule has 1 amide bonds. The number of anilines is 1. The smallest absolute Gasteiger partial charge is 0.338 e. The van der Waals surface area contributed by atoms with Crippen molar-refractivity contribution in [3.63, 3.8) is 0 Å². The molecule has 2 aromatic carbocycles. The number of esters is 1. The molecule has 1 N–H and O–H groups in total. The summed E-state index contributed by atoms with van der Waals surface area (Å²) in [6, 6.07) is 8.05. The van der Waals surface area contributed by atoms with E-state index in [0.717, 1.165) is 19.2 Å². The van der Waals surface area contributed by atoms with Gasteiger partial charge in [0, 0.05) is 29.4 Å². The van der Waals surface area contributed by atoms with Gasteiger partial charge in [-0.3, -0.25) is 14.9 Å². The molecule has 0 atom stereocenters. The molecule has 0 saturated carbocycles. The van der Waals surface area contributed by atoms with Crippen LogP contribution in [0.1, 0.15) is 20.7 Å². The van der Waals surface area contributed by atoms with E-state index in [0.29, 0.717) is 17.2 Å². The Kier molecular flexibility index (Phi) is 5.74. The Morgan fingerprint density at radius 2 is 1.62 bits per heavy atom. The van der Waals surface area contributed by atoms with E-state index in [4.69, 9.17) is 9.47 Å². The predicted octanol–water partition coefficient (Wildman–Crippen LogP) is 2.65. The van der Waals surface area contributed by atoms with Gasteiger partial charge in [0.25, 0.3) is 11.6 Å². The van der Waals surface area contributed by atoms with Crippen LogP contribution in [0.2, 0.25) is 0 Å². The van der Waals surface area contributed by atoms with E-state index < -0.39 is 22.5 Å². The Bertz CT molecular complexity index is 864. The van der Waals surface area contributed by atoms with Gasteiger partial charge in [-0.1, -0.05) is 0 Å². The van der Waals surface area contributed by atoms with Gasteiger partial charge in [0.15, 0.2) is 11.5 Å². The third kappa shape index (κ3) is 4.07. The van der Waals surface area contributed by atoms with Crippen molar-refractivity contribution in [2.45, 2.75) is 0 Å². The first-order chi connectivity index (χ1) is 12.4. The van der Waals surface area contributed by atoms with E-state index in [2.05, 4.69) is 10.1 Å². The van der Waals surface area contributed by atoms with Crippen molar-refractivity contribution >= 4 is 23.3 Å². The number of rotatable bonds is 6. The number of amides is 1. The van der Waals surface area contributed by atoms with Gasteiger partial charge in [-0.15, -0.1) is 0 Å². The summed E-state index contributed by atoms with van der Waals surface area (Å²) in [6.07, 6.45) is 0. The summed E-state index contributed by atoms with van der Waals surface area (Å²) in [7, 11) is 4.07. The van der Waals surface area contributed by atoms with Crippen molar-refractivity contribution in [2.75, 3.05) is 26.6 Å². The van der Waals surface area contributed by atoms with E-state index in [9.17, 15) is 19.7 Å². The molecule has 2 rings (SSSR count). The summed E-state index contributed by atoms with van der Waals surface area (Å²) >= 11 is 0. The molecule has 0 fully saturated rings. The Balaban J connectivity index is 2.35. The molecule has 9 nitrogen and oxygen atoms in total. The average Bonchev–Trinajstić information content (AvgIpc) is 2.66. The summed E-state index contributed by atoms with van der Waals surface area (Å²) in [5.74, 6) is -0.534. The molecule has 0 spiro atoms. The SMILES string of the molecule is COC(=O)c1cc(C(=O)Nc2ccc(OC)c(OC)c2)cc([N+](=O)[O-])c1. The molecule has 0 aliphatic rings. The van der Waals surface area contributed by atoms with Crippen LogP contribution in [0, 0.1) is 10.1 Å². The van der Waals surface area contributed by atoms with E-state index in [1.54, 1.807) is 12.1 Å². The van der Waals surface area contributed by atoms with Crippen molar-refractivity contribution in [3.05, 3.63) is 57.6 Å². The minimum atomic E-state index is -0.783. The number of nitrogens with zero attached hydrogens (tertiary/aromatic N) is 1. The lowest BCUT2D eigenvalue weighted by Gasteiger charge is -2.11. The van der Waals surface area contributed by atoms with Gasteiger partial charge in [0.1, 0.15) is 0 Å². The standard InChI is InChI=1S/C17H16N2O7/c1-24-14-5-4-12(9-15(14)25-2)18-16(20)10-6-11(17(21)26-3)8-13(7-10)19(22)23/h4-9H,1-3H3,(H,18,20). The van der Waals surface area contributed by atoms with Crippen LogP contribution in [0.15, 0.2) is 36.4 Å². The first kappa shape index (κ1) is 18.7. The predicted molar refractivity (Wildman–Crippen MR) is 91.9 cm³/mol. The summed E-state index contributed by atoms with van der Waals surface area (Å²) in [4.78, 5) is 34.5. The van der Waals surface area contributed by atoms with E-state index in [-0.39, 0.29) is 11.1 Å². The second-order valence-electron chi connectivity index (χ2n) is 5.04. The topological polar surface area (TPSA) is 117 Å². The fourth-order valence-corrected chi connectivity index (χ4v) is 2.20. The fraction of sp³-hybridized carbons (Fsp3) is 0.176. The molecule has 0 bridgehead atoms. The first-order valence-electron chi connectivity index (χ1n) is 7.30. The van der Waals surface area contributed by atoms with Crippen molar-refractivity contribution in [1.82, 2.24) is 0 Å². The molecule has 0 saturated heterocycles. The molecule has 0 aliphatic carbocycles. The van der Waals surface area contributed by atoms with Crippen LogP contribution < -0.4 is 14.8 Å². The largest absolute Gasteiger partial charge is 0.493 e. The lowest BCUT2D eigenvalue weighted by atomic mass is 10.1. The molecule has 136 valence electrons. The summed E-state index contributed by atoms with van der Waals surface area (Å²) in [5.41, 5.74) is -0.169. The van der Waals surface area contributed by atoms with E-state index in [1.165, 1.54) is 26.4 Å². The molecule has 9 heteroatoms. The molecule has 0 aliphatic heterocycles. The third-order valence-corrected chi connectivity index (χ3v) is 3.45. The molecule has 2 aromatic rings. The second-order valence-corrected chi connectivity index (χ2v) is 5.04. The normalized spacial score (nSPS) is 9.96. The molecule has 0 unspecified atom stereocenters. The van der Waals surface area contributed by atoms with Crippen LogP contribution in [-0.4, -0.2) is 38.1 Å². The number of ether oxygens (including phenoxy) is 3. The Labute approximate surface area is 148 Å². The highest BCUT2D eigenvalue weighted by molar-refractivity contribution is 6.06. The number of benzene rings is 2. The van der Waals surface area contributed by atoms with Gasteiger partial charge >= 0.3 is 5.97 Å². The van der Waals surface area contributed by atoms with Gasteiger partial charge in [0.2, 0.25) is 0 Å². The number of carbonyl (C=O) groups excluding carboxylic acids is 2. The van der Waals surface area contributed by atoms with E-state index in [1.807, 2.05) is 0 Å². The minimum Gasteiger partial charge on any atom is -0.493 e.